The number of hydrogen-bond acceptors (Lipinski definition) is 6. The molecule has 1 heterocycles. The van der Waals surface area contributed by atoms with Crippen molar-refractivity contribution in [2.24, 2.45) is 0 Å². The van der Waals surface area contributed by atoms with Gasteiger partial charge in [-0.05, 0) is 36.6 Å². The third kappa shape index (κ3) is 6.72. The number of carbonyl (C=O) groups excluding carboxylic acids is 2. The zero-order chi connectivity index (χ0) is 23.8. The molecular weight excluding hydrogens is 448 g/mol. The Kier molecular flexibility index (Phi) is 8.31. The molecule has 0 bridgehead atoms. The molecule has 1 aliphatic heterocycles. The van der Waals surface area contributed by atoms with Crippen molar-refractivity contribution >= 4 is 41.4 Å². The highest BCUT2D eigenvalue weighted by molar-refractivity contribution is 7.99. The minimum absolute atomic E-state index is 0.00803. The van der Waals surface area contributed by atoms with Crippen LogP contribution in [0.4, 0.5) is 10.5 Å². The van der Waals surface area contributed by atoms with E-state index < -0.39 is 30.0 Å². The molecule has 3 N–H and O–H groups in total. The summed E-state index contributed by atoms with van der Waals surface area (Å²) >= 11 is 1.49. The Morgan fingerprint density at radius 1 is 1.09 bits per heavy atom. The number of carboxylic acid groups (broad SMARTS) is 2. The second kappa shape index (κ2) is 11.4. The molecule has 0 saturated heterocycles. The maximum Gasteiger partial charge on any atom is 0.414 e. The summed E-state index contributed by atoms with van der Waals surface area (Å²) < 4.78 is 5.43. The maximum atomic E-state index is 12.6. The number of nitrogens with zero attached hydrogens (tertiary/aromatic N) is 1. The molecule has 10 heteroatoms. The predicted octanol–water partition coefficient (Wildman–Crippen LogP) is 3.37. The van der Waals surface area contributed by atoms with Gasteiger partial charge in [-0.15, -0.1) is 11.8 Å². The largest absolute Gasteiger partial charge is 0.481 e. The van der Waals surface area contributed by atoms with Crippen molar-refractivity contribution in [1.82, 2.24) is 5.32 Å². The van der Waals surface area contributed by atoms with Gasteiger partial charge in [0.15, 0.2) is 0 Å². The quantitative estimate of drug-likeness (QED) is 0.506. The fourth-order valence-electron chi connectivity index (χ4n) is 3.30. The summed E-state index contributed by atoms with van der Waals surface area (Å²) in [4.78, 5) is 49.5. The monoisotopic (exact) mass is 472 g/mol. The van der Waals surface area contributed by atoms with Crippen LogP contribution >= 0.6 is 11.8 Å². The number of carboxylic acids is 2. The summed E-state index contributed by atoms with van der Waals surface area (Å²) in [5, 5.41) is 20.5. The standard InChI is InChI=1S/C23H24N2O7S/c26-20(27)8-4-7-17(22(29)30)24-21(28)16-9-10-18-19(13-16)33-12-11-25(18)23(31)32-14-15-5-2-1-3-6-15/h1-3,5-6,9-10,13,17H,4,7-8,11-12,14H2,(H,24,28)(H,26,27)(H,29,30). The minimum atomic E-state index is -1.23. The van der Waals surface area contributed by atoms with Gasteiger partial charge in [0.2, 0.25) is 0 Å². The molecule has 0 aromatic heterocycles. The van der Waals surface area contributed by atoms with Crippen LogP contribution in [-0.2, 0) is 20.9 Å². The number of aliphatic carboxylic acids is 2. The first-order valence-corrected chi connectivity index (χ1v) is 11.3. The summed E-state index contributed by atoms with van der Waals surface area (Å²) in [6, 6.07) is 12.9. The number of hydrogen-bond donors (Lipinski definition) is 3. The van der Waals surface area contributed by atoms with Crippen molar-refractivity contribution in [2.75, 3.05) is 17.2 Å². The first-order chi connectivity index (χ1) is 15.8. The van der Waals surface area contributed by atoms with Crippen LogP contribution in [0, 0.1) is 0 Å². The van der Waals surface area contributed by atoms with Gasteiger partial charge >= 0.3 is 18.0 Å². The molecule has 2 amide bonds. The van der Waals surface area contributed by atoms with Gasteiger partial charge in [0, 0.05) is 29.2 Å². The Bertz CT molecular complexity index is 1030. The lowest BCUT2D eigenvalue weighted by atomic mass is 10.1. The number of thioether (sulfide) groups is 1. The van der Waals surface area contributed by atoms with Gasteiger partial charge in [-0.1, -0.05) is 30.3 Å². The third-order valence-corrected chi connectivity index (χ3v) is 6.02. The van der Waals surface area contributed by atoms with Crippen LogP contribution in [0.3, 0.4) is 0 Å². The lowest BCUT2D eigenvalue weighted by molar-refractivity contribution is -0.140. The van der Waals surface area contributed by atoms with Gasteiger partial charge in [-0.3, -0.25) is 14.5 Å². The molecule has 0 aliphatic carbocycles. The Hall–Kier alpha value is -3.53. The number of fused-ring (bicyclic) bond motifs is 1. The smallest absolute Gasteiger partial charge is 0.414 e. The number of anilines is 1. The summed E-state index contributed by atoms with van der Waals surface area (Å²) in [6.45, 7) is 0.610. The van der Waals surface area contributed by atoms with Gasteiger partial charge in [-0.2, -0.15) is 0 Å². The summed E-state index contributed by atoms with van der Waals surface area (Å²) in [5.41, 5.74) is 1.75. The highest BCUT2D eigenvalue weighted by Gasteiger charge is 2.26. The zero-order valence-electron chi connectivity index (χ0n) is 17.7. The fourth-order valence-corrected chi connectivity index (χ4v) is 4.33. The highest BCUT2D eigenvalue weighted by atomic mass is 32.2. The van der Waals surface area contributed by atoms with Crippen LogP contribution in [0.25, 0.3) is 0 Å². The van der Waals surface area contributed by atoms with E-state index >= 15 is 0 Å². The maximum absolute atomic E-state index is 12.6. The molecule has 0 fully saturated rings. The number of rotatable bonds is 9. The van der Waals surface area contributed by atoms with Gasteiger partial charge in [0.05, 0.1) is 5.69 Å². The highest BCUT2D eigenvalue weighted by Crippen LogP contribution is 2.36. The molecular formula is C23H24N2O7S. The van der Waals surface area contributed by atoms with Crippen molar-refractivity contribution in [3.8, 4) is 0 Å². The van der Waals surface area contributed by atoms with Crippen LogP contribution in [0.2, 0.25) is 0 Å². The Labute approximate surface area is 194 Å². The van der Waals surface area contributed by atoms with Gasteiger partial charge in [0.25, 0.3) is 5.91 Å². The molecule has 0 saturated carbocycles. The molecule has 1 aliphatic rings. The summed E-state index contributed by atoms with van der Waals surface area (Å²) in [5.74, 6) is -2.21. The summed E-state index contributed by atoms with van der Waals surface area (Å²) in [6.07, 6.45) is -0.520. The Morgan fingerprint density at radius 2 is 1.85 bits per heavy atom. The van der Waals surface area contributed by atoms with E-state index in [-0.39, 0.29) is 31.4 Å². The SMILES string of the molecule is O=C(O)CCCC(NC(=O)c1ccc2c(c1)SCCN2C(=O)OCc1ccccc1)C(=O)O. The van der Waals surface area contributed by atoms with Crippen molar-refractivity contribution in [3.63, 3.8) is 0 Å². The van der Waals surface area contributed by atoms with Crippen LogP contribution in [0.15, 0.2) is 53.4 Å². The predicted molar refractivity (Wildman–Crippen MR) is 122 cm³/mol. The number of amides is 2. The van der Waals surface area contributed by atoms with Crippen LogP contribution in [-0.4, -0.2) is 52.5 Å². The van der Waals surface area contributed by atoms with E-state index in [1.165, 1.54) is 22.7 Å². The molecule has 0 spiro atoms. The lowest BCUT2D eigenvalue weighted by Gasteiger charge is -2.28. The number of benzene rings is 2. The fraction of sp³-hybridized carbons (Fsp3) is 0.304. The van der Waals surface area contributed by atoms with Gasteiger partial charge < -0.3 is 20.3 Å². The van der Waals surface area contributed by atoms with Crippen LogP contribution in [0.5, 0.6) is 0 Å². The molecule has 1 unspecified atom stereocenters. The average Bonchev–Trinajstić information content (AvgIpc) is 2.81. The zero-order valence-corrected chi connectivity index (χ0v) is 18.5. The molecule has 1 atom stereocenters. The molecule has 2 aromatic carbocycles. The average molecular weight is 473 g/mol. The Morgan fingerprint density at radius 3 is 2.55 bits per heavy atom. The minimum Gasteiger partial charge on any atom is -0.481 e. The molecule has 3 rings (SSSR count). The molecule has 2 aromatic rings. The van der Waals surface area contributed by atoms with Gasteiger partial charge in [0.1, 0.15) is 12.6 Å². The normalized spacial score (nSPS) is 13.5. The van der Waals surface area contributed by atoms with E-state index in [0.29, 0.717) is 22.9 Å². The number of carbonyl (C=O) groups is 4. The van der Waals surface area contributed by atoms with E-state index in [1.807, 2.05) is 30.3 Å². The topological polar surface area (TPSA) is 133 Å². The van der Waals surface area contributed by atoms with E-state index in [4.69, 9.17) is 9.84 Å². The first kappa shape index (κ1) is 24.1. The van der Waals surface area contributed by atoms with E-state index in [0.717, 1.165) is 5.56 Å². The molecule has 174 valence electrons. The van der Waals surface area contributed by atoms with Crippen molar-refractivity contribution in [2.45, 2.75) is 36.8 Å². The van der Waals surface area contributed by atoms with E-state index in [9.17, 15) is 24.3 Å². The van der Waals surface area contributed by atoms with E-state index in [2.05, 4.69) is 5.32 Å². The number of nitrogens with one attached hydrogen (secondary N) is 1. The second-order valence-corrected chi connectivity index (χ2v) is 8.51. The van der Waals surface area contributed by atoms with Crippen LogP contribution in [0.1, 0.15) is 35.2 Å². The summed E-state index contributed by atoms with van der Waals surface area (Å²) in [7, 11) is 0. The Balaban J connectivity index is 1.65. The second-order valence-electron chi connectivity index (χ2n) is 7.37. The lowest BCUT2D eigenvalue weighted by Crippen LogP contribution is -2.41. The van der Waals surface area contributed by atoms with Crippen LogP contribution < -0.4 is 10.2 Å². The van der Waals surface area contributed by atoms with Gasteiger partial charge in [-0.25, -0.2) is 9.59 Å². The van der Waals surface area contributed by atoms with Crippen molar-refractivity contribution in [3.05, 3.63) is 59.7 Å². The number of ether oxygens (including phenoxy) is 1. The molecule has 33 heavy (non-hydrogen) atoms. The van der Waals surface area contributed by atoms with Crippen molar-refractivity contribution in [1.29, 1.82) is 0 Å². The van der Waals surface area contributed by atoms with E-state index in [1.54, 1.807) is 12.1 Å². The molecule has 9 nitrogen and oxygen atoms in total. The molecule has 0 radical (unpaired) electrons. The third-order valence-electron chi connectivity index (χ3n) is 5.00. The van der Waals surface area contributed by atoms with Crippen molar-refractivity contribution < 1.29 is 34.1 Å². The first-order valence-electron chi connectivity index (χ1n) is 10.4.